The number of aromatic nitrogens is 2. The van der Waals surface area contributed by atoms with Crippen molar-refractivity contribution in [2.24, 2.45) is 5.10 Å². The van der Waals surface area contributed by atoms with Gasteiger partial charge in [-0.1, -0.05) is 27.7 Å². The molecule has 0 spiro atoms. The number of ether oxygens (including phenoxy) is 3. The predicted molar refractivity (Wildman–Crippen MR) is 162 cm³/mol. The highest BCUT2D eigenvalue weighted by molar-refractivity contribution is 9.10. The van der Waals surface area contributed by atoms with Crippen LogP contribution in [0.25, 0.3) is 15.9 Å². The van der Waals surface area contributed by atoms with Gasteiger partial charge in [0.15, 0.2) is 16.7 Å². The number of thiophene rings is 1. The van der Waals surface area contributed by atoms with Crippen LogP contribution in [0.1, 0.15) is 28.8 Å². The highest BCUT2D eigenvalue weighted by atomic mass is 79.9. The van der Waals surface area contributed by atoms with Crippen LogP contribution >= 0.6 is 39.0 Å². The molecule has 0 saturated heterocycles. The van der Waals surface area contributed by atoms with Crippen LogP contribution in [-0.2, 0) is 17.6 Å². The predicted octanol–water partition coefficient (Wildman–Crippen LogP) is 5.36. The lowest BCUT2D eigenvalue weighted by atomic mass is 9.97. The van der Waals surface area contributed by atoms with Crippen LogP contribution in [0.15, 0.2) is 55.9 Å². The van der Waals surface area contributed by atoms with Gasteiger partial charge in [0.25, 0.3) is 11.5 Å². The zero-order chi connectivity index (χ0) is 28.2. The van der Waals surface area contributed by atoms with Crippen LogP contribution in [-0.4, -0.2) is 48.8 Å². The summed E-state index contributed by atoms with van der Waals surface area (Å²) in [7, 11) is 4.61. The molecule has 40 heavy (non-hydrogen) atoms. The molecule has 9 nitrogen and oxygen atoms in total. The molecular weight excluding hydrogens is 616 g/mol. The number of amides is 1. The van der Waals surface area contributed by atoms with Crippen LogP contribution in [0.5, 0.6) is 17.2 Å². The Morgan fingerprint density at radius 3 is 2.52 bits per heavy atom. The van der Waals surface area contributed by atoms with Crippen LogP contribution < -0.4 is 25.2 Å². The number of hydrogen-bond donors (Lipinski definition) is 1. The number of benzene rings is 2. The molecule has 0 aliphatic heterocycles. The minimum absolute atomic E-state index is 0.0139. The third-order valence-corrected chi connectivity index (χ3v) is 9.16. The first-order chi connectivity index (χ1) is 19.4. The van der Waals surface area contributed by atoms with Crippen molar-refractivity contribution in [1.82, 2.24) is 15.0 Å². The lowest BCUT2D eigenvalue weighted by molar-refractivity contribution is -0.118. The summed E-state index contributed by atoms with van der Waals surface area (Å²) < 4.78 is 18.6. The first kappa shape index (κ1) is 28.2. The fourth-order valence-electron chi connectivity index (χ4n) is 4.59. The Morgan fingerprint density at radius 2 is 1.80 bits per heavy atom. The van der Waals surface area contributed by atoms with Crippen LogP contribution in [0.4, 0.5) is 0 Å². The highest BCUT2D eigenvalue weighted by Gasteiger charge is 2.23. The number of nitrogens with zero attached hydrogens (tertiary/aromatic N) is 3. The number of aryl methyl sites for hydroxylation is 2. The first-order valence-electron chi connectivity index (χ1n) is 12.5. The van der Waals surface area contributed by atoms with Crippen molar-refractivity contribution >= 4 is 61.4 Å². The van der Waals surface area contributed by atoms with E-state index in [-0.39, 0.29) is 17.2 Å². The van der Waals surface area contributed by atoms with Gasteiger partial charge < -0.3 is 14.2 Å². The smallest absolute Gasteiger partial charge is 0.267 e. The molecule has 1 amide bonds. The third-order valence-electron chi connectivity index (χ3n) is 6.50. The standard InChI is InChI=1S/C28H27BrN4O5S2/c1-36-20-13-22(38-3)21(37-2)12-16(20)14-30-32-24(34)15-39-28-31-26-25(19-6-4-5-7-23(19)40-26)27(35)33(28)18-10-8-17(29)9-11-18/h8-14H,4-7,15H2,1-3H3,(H,32,34). The van der Waals surface area contributed by atoms with Crippen molar-refractivity contribution in [3.8, 4) is 22.9 Å². The molecule has 2 aromatic carbocycles. The molecule has 0 saturated carbocycles. The fourth-order valence-corrected chi connectivity index (χ4v) is 6.96. The van der Waals surface area contributed by atoms with Gasteiger partial charge in [0.2, 0.25) is 0 Å². The maximum Gasteiger partial charge on any atom is 0.267 e. The molecule has 4 aromatic rings. The van der Waals surface area contributed by atoms with E-state index < -0.39 is 0 Å². The molecule has 1 N–H and O–H groups in total. The largest absolute Gasteiger partial charge is 0.496 e. The van der Waals surface area contributed by atoms with Crippen molar-refractivity contribution in [1.29, 1.82) is 0 Å². The summed E-state index contributed by atoms with van der Waals surface area (Å²) >= 11 is 6.24. The molecule has 12 heteroatoms. The summed E-state index contributed by atoms with van der Waals surface area (Å²) in [6.07, 6.45) is 5.54. The second kappa shape index (κ2) is 12.4. The molecule has 0 bridgehead atoms. The SMILES string of the molecule is COc1cc(OC)c(OC)cc1C=NNC(=O)CSc1nc2sc3c(c2c(=O)n1-c1ccc(Br)cc1)CCCC3. The van der Waals surface area contributed by atoms with E-state index in [1.807, 2.05) is 24.3 Å². The molecule has 2 heterocycles. The Kier molecular flexibility index (Phi) is 8.77. The minimum Gasteiger partial charge on any atom is -0.496 e. The Hall–Kier alpha value is -3.35. The van der Waals surface area contributed by atoms with E-state index in [4.69, 9.17) is 19.2 Å². The Labute approximate surface area is 247 Å². The number of methoxy groups -OCH3 is 3. The number of fused-ring (bicyclic) bond motifs is 3. The van der Waals surface area contributed by atoms with Gasteiger partial charge >= 0.3 is 0 Å². The second-order valence-corrected chi connectivity index (χ2v) is 11.9. The van der Waals surface area contributed by atoms with Crippen molar-refractivity contribution in [3.63, 3.8) is 0 Å². The van der Waals surface area contributed by atoms with Gasteiger partial charge in [-0.25, -0.2) is 10.4 Å². The number of nitrogens with one attached hydrogen (secondary N) is 1. The molecule has 208 valence electrons. The maximum atomic E-state index is 13.8. The Bertz CT molecular complexity index is 1650. The number of hydrazone groups is 1. The lowest BCUT2D eigenvalue weighted by Crippen LogP contribution is -2.24. The monoisotopic (exact) mass is 642 g/mol. The number of thioether (sulfide) groups is 1. The van der Waals surface area contributed by atoms with Gasteiger partial charge in [0.1, 0.15) is 10.6 Å². The summed E-state index contributed by atoms with van der Waals surface area (Å²) in [6.45, 7) is 0. The van der Waals surface area contributed by atoms with E-state index in [9.17, 15) is 9.59 Å². The van der Waals surface area contributed by atoms with E-state index >= 15 is 0 Å². The van der Waals surface area contributed by atoms with E-state index in [0.29, 0.717) is 39.0 Å². The Balaban J connectivity index is 1.39. The number of hydrogen-bond acceptors (Lipinski definition) is 9. The first-order valence-corrected chi connectivity index (χ1v) is 15.1. The normalized spacial score (nSPS) is 12.9. The topological polar surface area (TPSA) is 104 Å². The molecule has 1 aliphatic carbocycles. The van der Waals surface area contributed by atoms with Crippen LogP contribution in [0.3, 0.4) is 0 Å². The van der Waals surface area contributed by atoms with Gasteiger partial charge in [-0.05, 0) is 61.6 Å². The van der Waals surface area contributed by atoms with Crippen LogP contribution in [0.2, 0.25) is 0 Å². The van der Waals surface area contributed by atoms with Crippen molar-refractivity contribution in [2.45, 2.75) is 30.8 Å². The molecule has 0 radical (unpaired) electrons. The summed E-state index contributed by atoms with van der Waals surface area (Å²) in [6, 6.07) is 10.9. The molecular formula is C28H27BrN4O5S2. The number of rotatable bonds is 9. The number of halogens is 1. The van der Waals surface area contributed by atoms with Crippen molar-refractivity contribution in [2.75, 3.05) is 27.1 Å². The van der Waals surface area contributed by atoms with Gasteiger partial charge in [-0.2, -0.15) is 5.10 Å². The average molecular weight is 644 g/mol. The summed E-state index contributed by atoms with van der Waals surface area (Å²) in [5.41, 5.74) is 4.86. The molecule has 5 rings (SSSR count). The molecule has 0 fully saturated rings. The van der Waals surface area contributed by atoms with Gasteiger partial charge in [0.05, 0.1) is 44.4 Å². The molecule has 0 unspecified atom stereocenters. The maximum absolute atomic E-state index is 13.8. The minimum atomic E-state index is -0.345. The molecule has 2 aromatic heterocycles. The van der Waals surface area contributed by atoms with E-state index in [1.54, 1.807) is 35.1 Å². The molecule has 0 atom stereocenters. The van der Waals surface area contributed by atoms with E-state index in [0.717, 1.165) is 40.5 Å². The van der Waals surface area contributed by atoms with Crippen molar-refractivity contribution in [3.05, 3.63) is 67.2 Å². The van der Waals surface area contributed by atoms with E-state index in [1.165, 1.54) is 37.1 Å². The third kappa shape index (κ3) is 5.74. The zero-order valence-electron chi connectivity index (χ0n) is 22.2. The van der Waals surface area contributed by atoms with Gasteiger partial charge in [0, 0.05) is 21.0 Å². The van der Waals surface area contributed by atoms with Gasteiger partial charge in [-0.15, -0.1) is 11.3 Å². The highest BCUT2D eigenvalue weighted by Crippen LogP contribution is 2.36. The zero-order valence-corrected chi connectivity index (χ0v) is 25.4. The molecule has 1 aliphatic rings. The lowest BCUT2D eigenvalue weighted by Gasteiger charge is -2.13. The summed E-state index contributed by atoms with van der Waals surface area (Å²) in [5, 5.41) is 5.25. The van der Waals surface area contributed by atoms with E-state index in [2.05, 4.69) is 26.5 Å². The quantitative estimate of drug-likeness (QED) is 0.113. The average Bonchev–Trinajstić information content (AvgIpc) is 3.35. The Morgan fingerprint density at radius 1 is 1.10 bits per heavy atom. The summed E-state index contributed by atoms with van der Waals surface area (Å²) in [4.78, 5) is 33.4. The summed E-state index contributed by atoms with van der Waals surface area (Å²) in [5.74, 6) is 1.21. The van der Waals surface area contributed by atoms with Gasteiger partial charge in [-0.3, -0.25) is 14.2 Å². The van der Waals surface area contributed by atoms with Crippen LogP contribution in [0, 0.1) is 0 Å². The van der Waals surface area contributed by atoms with Crippen molar-refractivity contribution < 1.29 is 19.0 Å². The number of carbonyl (C=O) groups is 1. The second-order valence-electron chi connectivity index (χ2n) is 8.93. The fraction of sp³-hybridized carbons (Fsp3) is 0.286. The number of carbonyl (C=O) groups excluding carboxylic acids is 1.